The molecule has 19 heavy (non-hydrogen) atoms. The number of anilines is 1. The standard InChI is InChI=1S/C15H23N3O/c1-11(16-2)13-5-4-6-14(9-13)17-15(19)18(3)10-12-7-8-12/h4-6,9,11-12,16H,7-8,10H2,1-3H3,(H,17,19). The summed E-state index contributed by atoms with van der Waals surface area (Å²) in [7, 11) is 3.78. The Kier molecular flexibility index (Phi) is 4.43. The second kappa shape index (κ2) is 6.06. The summed E-state index contributed by atoms with van der Waals surface area (Å²) in [6.45, 7) is 2.96. The van der Waals surface area contributed by atoms with Gasteiger partial charge in [-0.2, -0.15) is 0 Å². The monoisotopic (exact) mass is 261 g/mol. The lowest BCUT2D eigenvalue weighted by Crippen LogP contribution is -2.32. The SMILES string of the molecule is CNC(C)c1cccc(NC(=O)N(C)CC2CC2)c1. The van der Waals surface area contributed by atoms with Gasteiger partial charge in [0.25, 0.3) is 0 Å². The van der Waals surface area contributed by atoms with E-state index in [2.05, 4.69) is 23.6 Å². The van der Waals surface area contributed by atoms with Gasteiger partial charge in [0.2, 0.25) is 0 Å². The Morgan fingerprint density at radius 1 is 1.47 bits per heavy atom. The zero-order valence-electron chi connectivity index (χ0n) is 11.9. The van der Waals surface area contributed by atoms with E-state index >= 15 is 0 Å². The summed E-state index contributed by atoms with van der Waals surface area (Å²) < 4.78 is 0. The third-order valence-electron chi connectivity index (χ3n) is 3.65. The summed E-state index contributed by atoms with van der Waals surface area (Å²) in [6.07, 6.45) is 2.51. The molecule has 0 heterocycles. The molecular weight excluding hydrogens is 238 g/mol. The fourth-order valence-electron chi connectivity index (χ4n) is 2.04. The maximum atomic E-state index is 12.0. The van der Waals surface area contributed by atoms with Crippen LogP contribution in [0.1, 0.15) is 31.4 Å². The van der Waals surface area contributed by atoms with Crippen LogP contribution in [0.15, 0.2) is 24.3 Å². The van der Waals surface area contributed by atoms with Crippen molar-refractivity contribution in [1.29, 1.82) is 0 Å². The van der Waals surface area contributed by atoms with Crippen molar-refractivity contribution in [2.24, 2.45) is 5.92 Å². The Bertz CT molecular complexity index is 443. The third-order valence-corrected chi connectivity index (χ3v) is 3.65. The summed E-state index contributed by atoms with van der Waals surface area (Å²) in [6, 6.07) is 8.23. The minimum absolute atomic E-state index is 0.0267. The van der Waals surface area contributed by atoms with Gasteiger partial charge in [-0.25, -0.2) is 4.79 Å². The van der Waals surface area contributed by atoms with Crippen LogP contribution in [0.25, 0.3) is 0 Å². The number of hydrogen-bond donors (Lipinski definition) is 2. The van der Waals surface area contributed by atoms with E-state index in [9.17, 15) is 4.79 Å². The van der Waals surface area contributed by atoms with Crippen LogP contribution in [-0.2, 0) is 0 Å². The van der Waals surface area contributed by atoms with Crippen molar-refractivity contribution in [3.63, 3.8) is 0 Å². The second-order valence-corrected chi connectivity index (χ2v) is 5.39. The van der Waals surface area contributed by atoms with Crippen LogP contribution in [0, 0.1) is 5.92 Å². The van der Waals surface area contributed by atoms with Crippen LogP contribution in [0.3, 0.4) is 0 Å². The number of nitrogens with zero attached hydrogens (tertiary/aromatic N) is 1. The highest BCUT2D eigenvalue weighted by atomic mass is 16.2. The molecular formula is C15H23N3O. The first-order valence-electron chi connectivity index (χ1n) is 6.89. The number of urea groups is 1. The molecule has 2 rings (SSSR count). The lowest BCUT2D eigenvalue weighted by molar-refractivity contribution is 0.220. The number of carbonyl (C=O) groups is 1. The van der Waals surface area contributed by atoms with Crippen LogP contribution in [-0.4, -0.2) is 31.6 Å². The van der Waals surface area contributed by atoms with Crippen molar-refractivity contribution in [2.75, 3.05) is 26.0 Å². The molecule has 104 valence electrons. The quantitative estimate of drug-likeness (QED) is 0.856. The molecule has 1 saturated carbocycles. The zero-order valence-corrected chi connectivity index (χ0v) is 11.9. The Morgan fingerprint density at radius 3 is 2.84 bits per heavy atom. The molecule has 1 unspecified atom stereocenters. The van der Waals surface area contributed by atoms with Crippen LogP contribution >= 0.6 is 0 Å². The van der Waals surface area contributed by atoms with Crippen LogP contribution < -0.4 is 10.6 Å². The van der Waals surface area contributed by atoms with Crippen molar-refractivity contribution >= 4 is 11.7 Å². The Hall–Kier alpha value is -1.55. The normalized spacial score (nSPS) is 15.9. The van der Waals surface area contributed by atoms with Crippen molar-refractivity contribution < 1.29 is 4.79 Å². The smallest absolute Gasteiger partial charge is 0.321 e. The molecule has 4 heteroatoms. The number of rotatable bonds is 5. The number of carbonyl (C=O) groups excluding carboxylic acids is 1. The molecule has 0 aromatic heterocycles. The van der Waals surface area contributed by atoms with Crippen molar-refractivity contribution in [3.05, 3.63) is 29.8 Å². The van der Waals surface area contributed by atoms with Gasteiger partial charge in [0.1, 0.15) is 0 Å². The predicted octanol–water partition coefficient (Wildman–Crippen LogP) is 2.84. The van der Waals surface area contributed by atoms with Crippen molar-refractivity contribution in [1.82, 2.24) is 10.2 Å². The summed E-state index contributed by atoms with van der Waals surface area (Å²) >= 11 is 0. The van der Waals surface area contributed by atoms with Gasteiger partial charge in [0.05, 0.1) is 0 Å². The molecule has 0 bridgehead atoms. The molecule has 4 nitrogen and oxygen atoms in total. The first-order valence-corrected chi connectivity index (χ1v) is 6.89. The first kappa shape index (κ1) is 13.9. The van der Waals surface area contributed by atoms with E-state index < -0.39 is 0 Å². The fourth-order valence-corrected chi connectivity index (χ4v) is 2.04. The molecule has 0 radical (unpaired) electrons. The van der Waals surface area contributed by atoms with Gasteiger partial charge in [-0.15, -0.1) is 0 Å². The van der Waals surface area contributed by atoms with Gasteiger partial charge in [0.15, 0.2) is 0 Å². The summed E-state index contributed by atoms with van der Waals surface area (Å²) in [5.74, 6) is 0.714. The van der Waals surface area contributed by atoms with E-state index in [1.54, 1.807) is 4.90 Å². The number of amides is 2. The second-order valence-electron chi connectivity index (χ2n) is 5.39. The first-order chi connectivity index (χ1) is 9.10. The Balaban J connectivity index is 1.95. The van der Waals surface area contributed by atoms with E-state index in [4.69, 9.17) is 0 Å². The number of benzene rings is 1. The van der Waals surface area contributed by atoms with E-state index in [1.165, 1.54) is 18.4 Å². The van der Waals surface area contributed by atoms with Gasteiger partial charge in [-0.05, 0) is 50.4 Å². The summed E-state index contributed by atoms with van der Waals surface area (Å²) in [5.41, 5.74) is 2.03. The minimum atomic E-state index is -0.0267. The van der Waals surface area contributed by atoms with Crippen molar-refractivity contribution in [3.8, 4) is 0 Å². The predicted molar refractivity (Wildman–Crippen MR) is 78.3 cm³/mol. The molecule has 1 aromatic rings. The molecule has 1 atom stereocenters. The zero-order chi connectivity index (χ0) is 13.8. The molecule has 1 aliphatic rings. The van der Waals surface area contributed by atoms with Gasteiger partial charge in [-0.1, -0.05) is 12.1 Å². The highest BCUT2D eigenvalue weighted by molar-refractivity contribution is 5.89. The minimum Gasteiger partial charge on any atom is -0.327 e. The van der Waals surface area contributed by atoms with E-state index in [0.717, 1.165) is 12.2 Å². The Morgan fingerprint density at radius 2 is 2.21 bits per heavy atom. The molecule has 1 fully saturated rings. The van der Waals surface area contributed by atoms with Crippen LogP contribution in [0.4, 0.5) is 10.5 Å². The molecule has 2 N–H and O–H groups in total. The van der Waals surface area contributed by atoms with E-state index in [0.29, 0.717) is 5.92 Å². The molecule has 1 aliphatic carbocycles. The number of nitrogens with one attached hydrogen (secondary N) is 2. The van der Waals surface area contributed by atoms with Crippen molar-refractivity contribution in [2.45, 2.75) is 25.8 Å². The topological polar surface area (TPSA) is 44.4 Å². The van der Waals surface area contributed by atoms with Gasteiger partial charge in [-0.3, -0.25) is 0 Å². The van der Waals surface area contributed by atoms with E-state index in [1.807, 2.05) is 32.3 Å². The third kappa shape index (κ3) is 3.96. The highest BCUT2D eigenvalue weighted by Gasteiger charge is 2.24. The van der Waals surface area contributed by atoms with Crippen LogP contribution in [0.5, 0.6) is 0 Å². The lowest BCUT2D eigenvalue weighted by atomic mass is 10.1. The van der Waals surface area contributed by atoms with Gasteiger partial charge < -0.3 is 15.5 Å². The average molecular weight is 261 g/mol. The maximum absolute atomic E-state index is 12.0. The Labute approximate surface area is 115 Å². The van der Waals surface area contributed by atoms with Crippen LogP contribution in [0.2, 0.25) is 0 Å². The summed E-state index contributed by atoms with van der Waals surface area (Å²) in [5, 5.41) is 6.15. The molecule has 0 saturated heterocycles. The summed E-state index contributed by atoms with van der Waals surface area (Å²) in [4.78, 5) is 13.8. The molecule has 0 spiro atoms. The average Bonchev–Trinajstić information content (AvgIpc) is 3.22. The largest absolute Gasteiger partial charge is 0.327 e. The number of hydrogen-bond acceptors (Lipinski definition) is 2. The molecule has 0 aliphatic heterocycles. The molecule has 2 amide bonds. The lowest BCUT2D eigenvalue weighted by Gasteiger charge is -2.18. The van der Waals surface area contributed by atoms with Gasteiger partial charge >= 0.3 is 6.03 Å². The van der Waals surface area contributed by atoms with Gasteiger partial charge in [0, 0.05) is 25.3 Å². The maximum Gasteiger partial charge on any atom is 0.321 e. The molecule has 1 aromatic carbocycles. The fraction of sp³-hybridized carbons (Fsp3) is 0.533. The highest BCUT2D eigenvalue weighted by Crippen LogP contribution is 2.29. The van der Waals surface area contributed by atoms with E-state index in [-0.39, 0.29) is 12.1 Å².